The highest BCUT2D eigenvalue weighted by atomic mass is 16.4. The van der Waals surface area contributed by atoms with E-state index in [4.69, 9.17) is 5.11 Å². The summed E-state index contributed by atoms with van der Waals surface area (Å²) in [6.45, 7) is 2.26. The maximum absolute atomic E-state index is 11.8. The van der Waals surface area contributed by atoms with Gasteiger partial charge in [0.15, 0.2) is 0 Å². The van der Waals surface area contributed by atoms with Crippen molar-refractivity contribution in [3.05, 3.63) is 29.6 Å². The molecule has 1 aliphatic rings. The summed E-state index contributed by atoms with van der Waals surface area (Å²) in [6.07, 6.45) is 2.87. The van der Waals surface area contributed by atoms with E-state index in [0.717, 1.165) is 24.2 Å². The predicted octanol–water partition coefficient (Wildman–Crippen LogP) is 1.83. The van der Waals surface area contributed by atoms with E-state index in [-0.39, 0.29) is 18.0 Å². The summed E-state index contributed by atoms with van der Waals surface area (Å²) in [5.74, 6) is -1.12. The molecule has 1 fully saturated rings. The van der Waals surface area contributed by atoms with Crippen molar-refractivity contribution in [2.75, 3.05) is 0 Å². The summed E-state index contributed by atoms with van der Waals surface area (Å²) < 4.78 is 0. The SMILES string of the molecule is Cc1cccc(CNC(=O)NC2CCCC(C(=O)O)C2)n1. The zero-order valence-electron chi connectivity index (χ0n) is 12.1. The average Bonchev–Trinajstić information content (AvgIpc) is 2.45. The second-order valence-electron chi connectivity index (χ2n) is 5.50. The van der Waals surface area contributed by atoms with Gasteiger partial charge in [0.05, 0.1) is 18.2 Å². The quantitative estimate of drug-likeness (QED) is 0.789. The minimum absolute atomic E-state index is 0.0645. The lowest BCUT2D eigenvalue weighted by atomic mass is 9.86. The number of aromatic nitrogens is 1. The molecule has 0 aromatic carbocycles. The normalized spacial score (nSPS) is 21.6. The number of amides is 2. The van der Waals surface area contributed by atoms with Crippen molar-refractivity contribution in [1.82, 2.24) is 15.6 Å². The van der Waals surface area contributed by atoms with E-state index in [1.807, 2.05) is 25.1 Å². The van der Waals surface area contributed by atoms with E-state index in [0.29, 0.717) is 19.4 Å². The molecule has 0 saturated heterocycles. The monoisotopic (exact) mass is 291 g/mol. The number of hydrogen-bond acceptors (Lipinski definition) is 3. The number of carbonyl (C=O) groups is 2. The molecular formula is C15H21N3O3. The van der Waals surface area contributed by atoms with Crippen molar-refractivity contribution >= 4 is 12.0 Å². The van der Waals surface area contributed by atoms with Gasteiger partial charge in [-0.1, -0.05) is 12.5 Å². The van der Waals surface area contributed by atoms with E-state index in [1.54, 1.807) is 0 Å². The molecule has 0 aliphatic heterocycles. The maximum atomic E-state index is 11.8. The molecule has 3 N–H and O–H groups in total. The Morgan fingerprint density at radius 3 is 2.90 bits per heavy atom. The van der Waals surface area contributed by atoms with Gasteiger partial charge >= 0.3 is 12.0 Å². The van der Waals surface area contributed by atoms with Crippen LogP contribution in [0.15, 0.2) is 18.2 Å². The maximum Gasteiger partial charge on any atom is 0.315 e. The third-order valence-electron chi connectivity index (χ3n) is 3.73. The summed E-state index contributed by atoms with van der Waals surface area (Å²) in [7, 11) is 0. The summed E-state index contributed by atoms with van der Waals surface area (Å²) >= 11 is 0. The first kappa shape index (κ1) is 15.3. The van der Waals surface area contributed by atoms with Crippen LogP contribution >= 0.6 is 0 Å². The fourth-order valence-electron chi connectivity index (χ4n) is 2.65. The summed E-state index contributed by atoms with van der Waals surface area (Å²) in [6, 6.07) is 5.32. The minimum atomic E-state index is -0.772. The van der Waals surface area contributed by atoms with Crippen molar-refractivity contribution in [1.29, 1.82) is 0 Å². The van der Waals surface area contributed by atoms with Gasteiger partial charge in [0.25, 0.3) is 0 Å². The lowest BCUT2D eigenvalue weighted by Crippen LogP contribution is -2.44. The van der Waals surface area contributed by atoms with Crippen LogP contribution in [0.25, 0.3) is 0 Å². The van der Waals surface area contributed by atoms with Crippen molar-refractivity contribution in [3.8, 4) is 0 Å². The summed E-state index contributed by atoms with van der Waals surface area (Å²) in [5, 5.41) is 14.6. The Morgan fingerprint density at radius 2 is 2.19 bits per heavy atom. The third-order valence-corrected chi connectivity index (χ3v) is 3.73. The molecule has 2 amide bonds. The number of aliphatic carboxylic acids is 1. The molecule has 2 unspecified atom stereocenters. The molecular weight excluding hydrogens is 270 g/mol. The molecule has 114 valence electrons. The number of carboxylic acids is 1. The number of carboxylic acid groups (broad SMARTS) is 1. The van der Waals surface area contributed by atoms with Crippen molar-refractivity contribution in [2.24, 2.45) is 5.92 Å². The third kappa shape index (κ3) is 4.73. The first-order valence-corrected chi connectivity index (χ1v) is 7.24. The van der Waals surface area contributed by atoms with Gasteiger partial charge in [-0.25, -0.2) is 4.79 Å². The largest absolute Gasteiger partial charge is 0.481 e. The number of pyridine rings is 1. The zero-order valence-corrected chi connectivity index (χ0v) is 12.1. The van der Waals surface area contributed by atoms with Gasteiger partial charge in [0.2, 0.25) is 0 Å². The Bertz CT molecular complexity index is 519. The van der Waals surface area contributed by atoms with Crippen LogP contribution in [0.3, 0.4) is 0 Å². The number of aryl methyl sites for hydroxylation is 1. The van der Waals surface area contributed by atoms with Crippen LogP contribution in [0.4, 0.5) is 4.79 Å². The topological polar surface area (TPSA) is 91.3 Å². The Morgan fingerprint density at radius 1 is 1.38 bits per heavy atom. The van der Waals surface area contributed by atoms with Crippen LogP contribution in [0.5, 0.6) is 0 Å². The van der Waals surface area contributed by atoms with Gasteiger partial charge in [-0.3, -0.25) is 9.78 Å². The predicted molar refractivity (Wildman–Crippen MR) is 77.7 cm³/mol. The Balaban J connectivity index is 1.78. The van der Waals surface area contributed by atoms with Crippen molar-refractivity contribution in [2.45, 2.75) is 45.2 Å². The van der Waals surface area contributed by atoms with Crippen LogP contribution in [-0.2, 0) is 11.3 Å². The molecule has 21 heavy (non-hydrogen) atoms. The molecule has 1 aromatic rings. The van der Waals surface area contributed by atoms with Gasteiger partial charge in [0, 0.05) is 11.7 Å². The molecule has 6 heteroatoms. The summed E-state index contributed by atoms with van der Waals surface area (Å²) in [5.41, 5.74) is 1.71. The molecule has 0 radical (unpaired) electrons. The van der Waals surface area contributed by atoms with E-state index >= 15 is 0 Å². The Labute approximate surface area is 124 Å². The fourth-order valence-corrected chi connectivity index (χ4v) is 2.65. The van der Waals surface area contributed by atoms with Gasteiger partial charge < -0.3 is 15.7 Å². The number of hydrogen-bond donors (Lipinski definition) is 3. The molecule has 0 bridgehead atoms. The number of nitrogens with zero attached hydrogens (tertiary/aromatic N) is 1. The highest BCUT2D eigenvalue weighted by Gasteiger charge is 2.27. The summed E-state index contributed by atoms with van der Waals surface area (Å²) in [4.78, 5) is 27.1. The van der Waals surface area contributed by atoms with Crippen LogP contribution in [0, 0.1) is 12.8 Å². The molecule has 1 aliphatic carbocycles. The van der Waals surface area contributed by atoms with Crippen LogP contribution in [-0.4, -0.2) is 28.1 Å². The van der Waals surface area contributed by atoms with Gasteiger partial charge in [-0.05, 0) is 38.3 Å². The van der Waals surface area contributed by atoms with Gasteiger partial charge in [0.1, 0.15) is 0 Å². The lowest BCUT2D eigenvalue weighted by Gasteiger charge is -2.27. The highest BCUT2D eigenvalue weighted by Crippen LogP contribution is 2.24. The highest BCUT2D eigenvalue weighted by molar-refractivity contribution is 5.74. The van der Waals surface area contributed by atoms with Crippen LogP contribution in [0.1, 0.15) is 37.1 Å². The first-order valence-electron chi connectivity index (χ1n) is 7.24. The standard InChI is InChI=1S/C15H21N3O3/c1-10-4-2-7-13(17-10)9-16-15(21)18-12-6-3-5-11(8-12)14(19)20/h2,4,7,11-12H,3,5-6,8-9H2,1H3,(H,19,20)(H2,16,18,21). The van der Waals surface area contributed by atoms with Gasteiger partial charge in [-0.15, -0.1) is 0 Å². The van der Waals surface area contributed by atoms with Crippen molar-refractivity contribution in [3.63, 3.8) is 0 Å². The van der Waals surface area contributed by atoms with Crippen LogP contribution in [0.2, 0.25) is 0 Å². The molecule has 6 nitrogen and oxygen atoms in total. The second-order valence-corrected chi connectivity index (χ2v) is 5.50. The van der Waals surface area contributed by atoms with Gasteiger partial charge in [-0.2, -0.15) is 0 Å². The van der Waals surface area contributed by atoms with Crippen molar-refractivity contribution < 1.29 is 14.7 Å². The van der Waals surface area contributed by atoms with Crippen LogP contribution < -0.4 is 10.6 Å². The minimum Gasteiger partial charge on any atom is -0.481 e. The molecule has 1 heterocycles. The molecule has 1 aromatic heterocycles. The Kier molecular flexibility index (Phi) is 5.14. The molecule has 1 saturated carbocycles. The van der Waals surface area contributed by atoms with E-state index in [9.17, 15) is 9.59 Å². The van der Waals surface area contributed by atoms with E-state index in [1.165, 1.54) is 0 Å². The number of nitrogens with one attached hydrogen (secondary N) is 2. The van der Waals surface area contributed by atoms with E-state index < -0.39 is 5.97 Å². The first-order chi connectivity index (χ1) is 10.0. The fraction of sp³-hybridized carbons (Fsp3) is 0.533. The number of rotatable bonds is 4. The smallest absolute Gasteiger partial charge is 0.315 e. The number of urea groups is 1. The Hall–Kier alpha value is -2.11. The average molecular weight is 291 g/mol. The second kappa shape index (κ2) is 7.06. The zero-order chi connectivity index (χ0) is 15.2. The van der Waals surface area contributed by atoms with E-state index in [2.05, 4.69) is 15.6 Å². The lowest BCUT2D eigenvalue weighted by molar-refractivity contribution is -0.143. The molecule has 2 rings (SSSR count). The number of carbonyl (C=O) groups excluding carboxylic acids is 1. The molecule has 2 atom stereocenters. The molecule has 0 spiro atoms.